The quantitative estimate of drug-likeness (QED) is 0.425. The lowest BCUT2D eigenvalue weighted by molar-refractivity contribution is -0.124. The Bertz CT molecular complexity index is 1310. The van der Waals surface area contributed by atoms with E-state index in [0.717, 1.165) is 31.5 Å². The number of amides is 2. The van der Waals surface area contributed by atoms with Crippen LogP contribution in [-0.2, 0) is 11.2 Å². The van der Waals surface area contributed by atoms with Crippen molar-refractivity contribution < 1.29 is 19.1 Å². The highest BCUT2D eigenvalue weighted by atomic mass is 16.5. The third-order valence-corrected chi connectivity index (χ3v) is 7.72. The summed E-state index contributed by atoms with van der Waals surface area (Å²) in [4.78, 5) is 31.8. The lowest BCUT2D eigenvalue weighted by Gasteiger charge is -2.45. The summed E-state index contributed by atoms with van der Waals surface area (Å²) in [5.74, 6) is 0.276. The number of carbonyl (C=O) groups is 2. The van der Waals surface area contributed by atoms with Crippen molar-refractivity contribution in [1.82, 2.24) is 10.2 Å². The van der Waals surface area contributed by atoms with Gasteiger partial charge in [0.2, 0.25) is 5.91 Å². The topological polar surface area (TPSA) is 71.1 Å². The Morgan fingerprint density at radius 3 is 2.45 bits per heavy atom. The number of rotatable bonds is 9. The first-order chi connectivity index (χ1) is 18.6. The average molecular weight is 514 g/mol. The van der Waals surface area contributed by atoms with Crippen molar-refractivity contribution in [2.24, 2.45) is 0 Å². The number of ether oxygens (including phenoxy) is 2. The molecule has 7 heteroatoms. The highest BCUT2D eigenvalue weighted by Gasteiger charge is 2.46. The Labute approximate surface area is 224 Å². The van der Waals surface area contributed by atoms with E-state index in [1.54, 1.807) is 26.4 Å². The minimum atomic E-state index is -0.555. The monoisotopic (exact) mass is 513 g/mol. The van der Waals surface area contributed by atoms with Gasteiger partial charge in [-0.05, 0) is 60.7 Å². The van der Waals surface area contributed by atoms with Crippen molar-refractivity contribution >= 4 is 17.5 Å². The summed E-state index contributed by atoms with van der Waals surface area (Å²) in [7, 11) is 3.12. The molecule has 0 aliphatic carbocycles. The van der Waals surface area contributed by atoms with Gasteiger partial charge in [-0.3, -0.25) is 9.59 Å². The Balaban J connectivity index is 1.43. The molecule has 2 aliphatic heterocycles. The maximum Gasteiger partial charge on any atom is 0.254 e. The molecule has 0 saturated heterocycles. The molecule has 0 unspecified atom stereocenters. The predicted octanol–water partition coefficient (Wildman–Crippen LogP) is 4.57. The highest BCUT2D eigenvalue weighted by Crippen LogP contribution is 2.48. The van der Waals surface area contributed by atoms with Gasteiger partial charge in [-0.25, -0.2) is 0 Å². The van der Waals surface area contributed by atoms with Crippen LogP contribution in [0.25, 0.3) is 0 Å². The number of carbonyl (C=O) groups excluding carboxylic acids is 2. The number of methoxy groups -OCH3 is 2. The second kappa shape index (κ2) is 11.2. The van der Waals surface area contributed by atoms with Gasteiger partial charge in [0.1, 0.15) is 0 Å². The third-order valence-electron chi connectivity index (χ3n) is 7.72. The van der Waals surface area contributed by atoms with Crippen molar-refractivity contribution in [2.75, 3.05) is 45.3 Å². The van der Waals surface area contributed by atoms with Crippen LogP contribution in [0.3, 0.4) is 0 Å². The number of hydrogen-bond donors (Lipinski definition) is 1. The van der Waals surface area contributed by atoms with Crippen LogP contribution in [0, 0.1) is 0 Å². The molecule has 2 aliphatic rings. The van der Waals surface area contributed by atoms with Gasteiger partial charge in [0.05, 0.1) is 26.2 Å². The zero-order valence-electron chi connectivity index (χ0n) is 22.3. The van der Waals surface area contributed by atoms with Crippen LogP contribution in [0.1, 0.15) is 52.4 Å². The van der Waals surface area contributed by atoms with E-state index in [-0.39, 0.29) is 17.9 Å². The molecule has 0 saturated carbocycles. The summed E-state index contributed by atoms with van der Waals surface area (Å²) >= 11 is 0. The molecule has 3 aromatic rings. The van der Waals surface area contributed by atoms with E-state index < -0.39 is 5.92 Å². The van der Waals surface area contributed by atoms with Crippen LogP contribution in [0.5, 0.6) is 11.5 Å². The van der Waals surface area contributed by atoms with Crippen LogP contribution >= 0.6 is 0 Å². The van der Waals surface area contributed by atoms with E-state index >= 15 is 0 Å². The summed E-state index contributed by atoms with van der Waals surface area (Å²) in [5, 5.41) is 3.19. The molecule has 0 bridgehead atoms. The predicted molar refractivity (Wildman–Crippen MR) is 148 cm³/mol. The van der Waals surface area contributed by atoms with E-state index in [2.05, 4.69) is 35.3 Å². The Morgan fingerprint density at radius 2 is 1.71 bits per heavy atom. The first-order valence-electron chi connectivity index (χ1n) is 13.3. The van der Waals surface area contributed by atoms with Gasteiger partial charge in [0, 0.05) is 37.4 Å². The van der Waals surface area contributed by atoms with Gasteiger partial charge >= 0.3 is 0 Å². The number of para-hydroxylation sites is 1. The van der Waals surface area contributed by atoms with Gasteiger partial charge in [-0.2, -0.15) is 0 Å². The fourth-order valence-electron chi connectivity index (χ4n) is 5.83. The molecule has 198 valence electrons. The number of benzene rings is 3. The molecule has 1 N–H and O–H groups in total. The fraction of sp³-hybridized carbons (Fsp3) is 0.355. The minimum Gasteiger partial charge on any atom is -0.493 e. The smallest absolute Gasteiger partial charge is 0.254 e. The second-order valence-corrected chi connectivity index (χ2v) is 9.72. The van der Waals surface area contributed by atoms with Crippen molar-refractivity contribution in [3.8, 4) is 11.5 Å². The van der Waals surface area contributed by atoms with Gasteiger partial charge in [0.25, 0.3) is 5.91 Å². The molecule has 38 heavy (non-hydrogen) atoms. The average Bonchev–Trinajstić information content (AvgIpc) is 2.97. The van der Waals surface area contributed by atoms with Crippen LogP contribution in [-0.4, -0.2) is 57.1 Å². The number of anilines is 1. The first-order valence-corrected chi connectivity index (χ1v) is 13.3. The number of nitrogens with zero attached hydrogens (tertiary/aromatic N) is 2. The molecule has 5 rings (SSSR count). The number of fused-ring (bicyclic) bond motifs is 4. The van der Waals surface area contributed by atoms with E-state index in [1.165, 1.54) is 11.3 Å². The number of hydrogen-bond acceptors (Lipinski definition) is 5. The number of nitrogens with one attached hydrogen (secondary N) is 1. The Morgan fingerprint density at radius 1 is 1.00 bits per heavy atom. The van der Waals surface area contributed by atoms with Gasteiger partial charge < -0.3 is 24.6 Å². The fourth-order valence-corrected chi connectivity index (χ4v) is 5.83. The molecular weight excluding hydrogens is 478 g/mol. The molecule has 2 atom stereocenters. The van der Waals surface area contributed by atoms with Gasteiger partial charge in [0.15, 0.2) is 11.5 Å². The molecule has 0 fully saturated rings. The molecular formula is C31H35N3O4. The molecule has 0 aromatic heterocycles. The third kappa shape index (κ3) is 4.69. The van der Waals surface area contributed by atoms with E-state index in [1.807, 2.05) is 41.3 Å². The lowest BCUT2D eigenvalue weighted by Crippen LogP contribution is -2.50. The van der Waals surface area contributed by atoms with E-state index in [4.69, 9.17) is 9.47 Å². The zero-order chi connectivity index (χ0) is 26.6. The first kappa shape index (κ1) is 25.6. The largest absolute Gasteiger partial charge is 0.493 e. The molecule has 3 aromatic carbocycles. The maximum absolute atomic E-state index is 13.9. The zero-order valence-corrected chi connectivity index (χ0v) is 22.3. The van der Waals surface area contributed by atoms with Crippen LogP contribution in [0.4, 0.5) is 5.69 Å². The maximum atomic E-state index is 13.9. The summed E-state index contributed by atoms with van der Waals surface area (Å²) in [6.45, 7) is 4.98. The lowest BCUT2D eigenvalue weighted by atomic mass is 9.75. The summed E-state index contributed by atoms with van der Waals surface area (Å²) in [5.41, 5.74) is 4.58. The van der Waals surface area contributed by atoms with Crippen molar-refractivity contribution in [3.05, 3.63) is 89.0 Å². The SMILES string of the molecule is CCN(CCCNC(=O)[C@@H]1c2cc(OC)c(OC)cc2C(=O)N2CCc3ccccc3[C@H]12)c1ccccc1. The Kier molecular flexibility index (Phi) is 7.54. The molecule has 0 spiro atoms. The highest BCUT2D eigenvalue weighted by molar-refractivity contribution is 6.02. The van der Waals surface area contributed by atoms with E-state index in [9.17, 15) is 9.59 Å². The molecule has 0 radical (unpaired) electrons. The normalized spacial score (nSPS) is 17.7. The summed E-state index contributed by atoms with van der Waals surface area (Å²) in [6, 6.07) is 21.6. The van der Waals surface area contributed by atoms with Gasteiger partial charge in [-0.15, -0.1) is 0 Å². The summed E-state index contributed by atoms with van der Waals surface area (Å²) < 4.78 is 11.0. The Hall–Kier alpha value is -4.00. The van der Waals surface area contributed by atoms with Crippen molar-refractivity contribution in [1.29, 1.82) is 0 Å². The van der Waals surface area contributed by atoms with Crippen LogP contribution in [0.15, 0.2) is 66.7 Å². The molecule has 2 amide bonds. The van der Waals surface area contributed by atoms with Crippen LogP contribution in [0.2, 0.25) is 0 Å². The molecule has 7 nitrogen and oxygen atoms in total. The van der Waals surface area contributed by atoms with Gasteiger partial charge in [-0.1, -0.05) is 42.5 Å². The van der Waals surface area contributed by atoms with Crippen molar-refractivity contribution in [2.45, 2.75) is 31.7 Å². The summed E-state index contributed by atoms with van der Waals surface area (Å²) in [6.07, 6.45) is 1.57. The van der Waals surface area contributed by atoms with Crippen molar-refractivity contribution in [3.63, 3.8) is 0 Å². The second-order valence-electron chi connectivity index (χ2n) is 9.72. The minimum absolute atomic E-state index is 0.0778. The standard InChI is InChI=1S/C31H35N3O4/c1-4-33(22-12-6-5-7-13-22)17-10-16-32-30(35)28-24-19-26(37-2)27(38-3)20-25(24)31(36)34-18-15-21-11-8-9-14-23(21)29(28)34/h5-9,11-14,19-20,28-29H,4,10,15-18H2,1-3H3,(H,32,35)/t28-,29-/m1/s1. The van der Waals surface area contributed by atoms with Crippen LogP contribution < -0.4 is 19.7 Å². The van der Waals surface area contributed by atoms with E-state index in [0.29, 0.717) is 35.7 Å². The molecule has 2 heterocycles.